The normalized spacial score (nSPS) is 20.6. The van der Waals surface area contributed by atoms with Crippen molar-refractivity contribution in [2.75, 3.05) is 44.6 Å². The lowest BCUT2D eigenvalue weighted by molar-refractivity contribution is -0.133. The van der Waals surface area contributed by atoms with Gasteiger partial charge in [0.15, 0.2) is 0 Å². The molecule has 1 aliphatic carbocycles. The Labute approximate surface area is 230 Å². The fraction of sp³-hybridized carbons (Fsp3) is 0.571. The highest BCUT2D eigenvalue weighted by molar-refractivity contribution is 5.88. The first-order chi connectivity index (χ1) is 18.7. The molecule has 1 saturated heterocycles. The van der Waals surface area contributed by atoms with Gasteiger partial charge in [-0.25, -0.2) is 9.59 Å². The van der Waals surface area contributed by atoms with Crippen LogP contribution in [-0.4, -0.2) is 87.5 Å². The first-order valence-electron chi connectivity index (χ1n) is 14.0. The summed E-state index contributed by atoms with van der Waals surface area (Å²) in [5.41, 5.74) is 13.2. The summed E-state index contributed by atoms with van der Waals surface area (Å²) in [6, 6.07) is 9.01. The molecule has 212 valence electrons. The van der Waals surface area contributed by atoms with E-state index in [9.17, 15) is 14.4 Å². The number of nitrogens with zero attached hydrogens (tertiary/aromatic N) is 5. The monoisotopic (exact) mass is 538 g/mol. The number of carbonyl (C=O) groups is 2. The van der Waals surface area contributed by atoms with Crippen LogP contribution in [0.4, 0.5) is 10.6 Å². The van der Waals surface area contributed by atoms with Crippen LogP contribution in [0.3, 0.4) is 0 Å². The second-order valence-corrected chi connectivity index (χ2v) is 10.8. The molecule has 2 fully saturated rings. The molecule has 1 aromatic heterocycles. The van der Waals surface area contributed by atoms with Gasteiger partial charge in [-0.3, -0.25) is 19.6 Å². The first kappa shape index (κ1) is 28.7. The van der Waals surface area contributed by atoms with E-state index in [1.807, 2.05) is 24.3 Å². The van der Waals surface area contributed by atoms with Crippen LogP contribution in [0.1, 0.15) is 45.1 Å². The molecule has 1 atom stereocenters. The van der Waals surface area contributed by atoms with Crippen molar-refractivity contribution < 1.29 is 9.59 Å². The third-order valence-corrected chi connectivity index (χ3v) is 7.78. The molecule has 1 aromatic carbocycles. The largest absolute Gasteiger partial charge is 0.354 e. The Morgan fingerprint density at radius 3 is 2.28 bits per heavy atom. The fourth-order valence-corrected chi connectivity index (χ4v) is 5.34. The van der Waals surface area contributed by atoms with E-state index in [2.05, 4.69) is 22.1 Å². The van der Waals surface area contributed by atoms with Gasteiger partial charge < -0.3 is 21.3 Å². The SMILES string of the molecule is CCN(Cc1ccc(-n2ccc(NC(=O)N3CCN(C(=O)[C@@H](C)N)CC3)nc2=O)cc1)CC1CCC(N)CC1. The molecule has 0 spiro atoms. The van der Waals surface area contributed by atoms with E-state index in [0.717, 1.165) is 32.5 Å². The highest BCUT2D eigenvalue weighted by atomic mass is 16.2. The van der Waals surface area contributed by atoms with Crippen LogP contribution in [0.2, 0.25) is 0 Å². The van der Waals surface area contributed by atoms with Crippen molar-refractivity contribution in [3.63, 3.8) is 0 Å². The van der Waals surface area contributed by atoms with Crippen LogP contribution >= 0.6 is 0 Å². The van der Waals surface area contributed by atoms with Crippen LogP contribution in [-0.2, 0) is 11.3 Å². The van der Waals surface area contributed by atoms with E-state index >= 15 is 0 Å². The maximum absolute atomic E-state index is 12.7. The second-order valence-electron chi connectivity index (χ2n) is 10.8. The van der Waals surface area contributed by atoms with Crippen molar-refractivity contribution in [3.8, 4) is 5.69 Å². The molecule has 11 nitrogen and oxygen atoms in total. The number of hydrogen-bond donors (Lipinski definition) is 3. The summed E-state index contributed by atoms with van der Waals surface area (Å²) in [5.74, 6) is 0.775. The summed E-state index contributed by atoms with van der Waals surface area (Å²) in [4.78, 5) is 47.2. The number of nitrogens with two attached hydrogens (primary N) is 2. The minimum Gasteiger partial charge on any atom is -0.338 e. The molecule has 0 unspecified atom stereocenters. The maximum Gasteiger partial charge on any atom is 0.354 e. The zero-order chi connectivity index (χ0) is 27.9. The molecule has 2 aromatic rings. The number of urea groups is 1. The maximum atomic E-state index is 12.7. The average Bonchev–Trinajstić information content (AvgIpc) is 2.94. The Hall–Kier alpha value is -3.28. The molecular formula is C28H42N8O3. The minimum absolute atomic E-state index is 0.124. The van der Waals surface area contributed by atoms with Gasteiger partial charge in [0.25, 0.3) is 0 Å². The summed E-state index contributed by atoms with van der Waals surface area (Å²) in [7, 11) is 0. The van der Waals surface area contributed by atoms with Gasteiger partial charge in [-0.05, 0) is 68.8 Å². The van der Waals surface area contributed by atoms with Crippen molar-refractivity contribution >= 4 is 17.8 Å². The molecule has 3 amide bonds. The smallest absolute Gasteiger partial charge is 0.338 e. The van der Waals surface area contributed by atoms with E-state index in [1.165, 1.54) is 23.0 Å². The molecule has 2 aliphatic rings. The molecule has 11 heteroatoms. The summed E-state index contributed by atoms with van der Waals surface area (Å²) in [6.07, 6.45) is 6.26. The lowest BCUT2D eigenvalue weighted by Crippen LogP contribution is -2.54. The standard InChI is InChI=1S/C28H42N8O3/c1-3-33(18-21-4-8-23(30)9-5-21)19-22-6-10-24(11-7-22)36-13-12-25(32-28(36)39)31-27(38)35-16-14-34(15-17-35)26(37)20(2)29/h6-7,10-13,20-21,23H,3-5,8-9,14-19,29-30H2,1-2H3,(H,31,32,38,39)/t20-,21?,23?/m1/s1. The molecule has 1 saturated carbocycles. The highest BCUT2D eigenvalue weighted by Gasteiger charge is 2.26. The summed E-state index contributed by atoms with van der Waals surface area (Å²) in [6.45, 7) is 8.40. The molecule has 39 heavy (non-hydrogen) atoms. The lowest BCUT2D eigenvalue weighted by atomic mass is 9.86. The second kappa shape index (κ2) is 13.2. The molecule has 2 heterocycles. The van der Waals surface area contributed by atoms with E-state index in [-0.39, 0.29) is 17.8 Å². The Morgan fingerprint density at radius 2 is 1.69 bits per heavy atom. The van der Waals surface area contributed by atoms with E-state index in [4.69, 9.17) is 11.5 Å². The Bertz CT molecular complexity index is 1170. The number of nitrogens with one attached hydrogen (secondary N) is 1. The van der Waals surface area contributed by atoms with Gasteiger partial charge in [-0.15, -0.1) is 0 Å². The van der Waals surface area contributed by atoms with Gasteiger partial charge in [-0.2, -0.15) is 4.98 Å². The fourth-order valence-electron chi connectivity index (χ4n) is 5.34. The Balaban J connectivity index is 1.31. The zero-order valence-corrected chi connectivity index (χ0v) is 23.1. The van der Waals surface area contributed by atoms with Crippen molar-refractivity contribution in [2.45, 2.75) is 58.2 Å². The quantitative estimate of drug-likeness (QED) is 0.463. The summed E-state index contributed by atoms with van der Waals surface area (Å²) >= 11 is 0. The number of aromatic nitrogens is 2. The molecular weight excluding hydrogens is 496 g/mol. The van der Waals surface area contributed by atoms with Gasteiger partial charge >= 0.3 is 11.7 Å². The topological polar surface area (TPSA) is 143 Å². The van der Waals surface area contributed by atoms with Crippen molar-refractivity contribution in [1.82, 2.24) is 24.3 Å². The number of carbonyl (C=O) groups excluding carboxylic acids is 2. The van der Waals surface area contributed by atoms with Crippen molar-refractivity contribution in [3.05, 3.63) is 52.6 Å². The predicted octanol–water partition coefficient (Wildman–Crippen LogP) is 1.60. The molecule has 1 aliphatic heterocycles. The number of rotatable bonds is 8. The van der Waals surface area contributed by atoms with Crippen molar-refractivity contribution in [2.24, 2.45) is 17.4 Å². The zero-order valence-electron chi connectivity index (χ0n) is 23.1. The number of benzene rings is 1. The van der Waals surface area contributed by atoms with Crippen molar-refractivity contribution in [1.29, 1.82) is 0 Å². The average molecular weight is 539 g/mol. The van der Waals surface area contributed by atoms with Gasteiger partial charge in [0, 0.05) is 51.5 Å². The number of anilines is 1. The Kier molecular flexibility index (Phi) is 9.71. The van der Waals surface area contributed by atoms with Gasteiger partial charge in [0.05, 0.1) is 11.7 Å². The van der Waals surface area contributed by atoms with E-state index in [0.29, 0.717) is 43.8 Å². The van der Waals surface area contributed by atoms with Crippen LogP contribution in [0, 0.1) is 5.92 Å². The first-order valence-corrected chi connectivity index (χ1v) is 14.0. The van der Waals surface area contributed by atoms with Crippen LogP contribution < -0.4 is 22.5 Å². The Morgan fingerprint density at radius 1 is 1.05 bits per heavy atom. The highest BCUT2D eigenvalue weighted by Crippen LogP contribution is 2.24. The van der Waals surface area contributed by atoms with Gasteiger partial charge in [-0.1, -0.05) is 19.1 Å². The third-order valence-electron chi connectivity index (χ3n) is 7.78. The molecule has 5 N–H and O–H groups in total. The number of piperazine rings is 1. The summed E-state index contributed by atoms with van der Waals surface area (Å²) < 4.78 is 1.46. The van der Waals surface area contributed by atoms with Crippen LogP contribution in [0.5, 0.6) is 0 Å². The molecule has 0 radical (unpaired) electrons. The third kappa shape index (κ3) is 7.65. The minimum atomic E-state index is -0.560. The van der Waals surface area contributed by atoms with Crippen LogP contribution in [0.15, 0.2) is 41.3 Å². The molecule has 0 bridgehead atoms. The van der Waals surface area contributed by atoms with Gasteiger partial charge in [0.2, 0.25) is 5.91 Å². The van der Waals surface area contributed by atoms with E-state index in [1.54, 1.807) is 29.0 Å². The lowest BCUT2D eigenvalue weighted by Gasteiger charge is -2.35. The summed E-state index contributed by atoms with van der Waals surface area (Å²) in [5, 5.41) is 2.69. The molecule has 4 rings (SSSR count). The number of hydrogen-bond acceptors (Lipinski definition) is 7. The van der Waals surface area contributed by atoms with Gasteiger partial charge in [0.1, 0.15) is 5.82 Å². The number of amides is 3. The van der Waals surface area contributed by atoms with Crippen LogP contribution in [0.25, 0.3) is 5.69 Å². The predicted molar refractivity (Wildman–Crippen MR) is 152 cm³/mol. The van der Waals surface area contributed by atoms with E-state index < -0.39 is 11.7 Å².